The summed E-state index contributed by atoms with van der Waals surface area (Å²) in [5.41, 5.74) is 1.84. The Balaban J connectivity index is 3.17. The van der Waals surface area contributed by atoms with E-state index in [1.807, 2.05) is 6.20 Å². The molecule has 0 saturated heterocycles. The molecule has 1 N–H and O–H groups in total. The van der Waals surface area contributed by atoms with Crippen LogP contribution in [0, 0.1) is 3.57 Å². The maximum atomic E-state index is 10.5. The van der Waals surface area contributed by atoms with Gasteiger partial charge in [-0.05, 0) is 34.1 Å². The molecule has 0 saturated carbocycles. The predicted octanol–water partition coefficient (Wildman–Crippen LogP) is 2.56. The van der Waals surface area contributed by atoms with E-state index < -0.39 is 0 Å². The van der Waals surface area contributed by atoms with Crippen LogP contribution in [-0.4, -0.2) is 11.3 Å². The fourth-order valence-corrected chi connectivity index (χ4v) is 2.18. The van der Waals surface area contributed by atoms with Crippen LogP contribution in [0.2, 0.25) is 0 Å². The molecule has 60 valence electrons. The standard InChI is InChI=1S/C8H10INO/c1-5(2)8-6(9)3-10-7(8)4-11/h3-5,10H,1-2H3. The Morgan fingerprint density at radius 1 is 1.64 bits per heavy atom. The minimum atomic E-state index is 0.411. The Morgan fingerprint density at radius 2 is 2.27 bits per heavy atom. The molecule has 1 heterocycles. The third-order valence-electron chi connectivity index (χ3n) is 1.60. The number of aldehydes is 1. The van der Waals surface area contributed by atoms with Gasteiger partial charge >= 0.3 is 0 Å². The fraction of sp³-hybridized carbons (Fsp3) is 0.375. The van der Waals surface area contributed by atoms with Crippen molar-refractivity contribution in [1.29, 1.82) is 0 Å². The van der Waals surface area contributed by atoms with E-state index in [-0.39, 0.29) is 0 Å². The number of hydrogen-bond donors (Lipinski definition) is 1. The molecule has 3 heteroatoms. The molecule has 0 bridgehead atoms. The van der Waals surface area contributed by atoms with E-state index in [1.165, 1.54) is 0 Å². The van der Waals surface area contributed by atoms with Gasteiger partial charge < -0.3 is 4.98 Å². The van der Waals surface area contributed by atoms with Crippen LogP contribution in [0.25, 0.3) is 0 Å². The summed E-state index contributed by atoms with van der Waals surface area (Å²) in [6.45, 7) is 4.16. The van der Waals surface area contributed by atoms with Crippen LogP contribution in [0.4, 0.5) is 0 Å². The largest absolute Gasteiger partial charge is 0.358 e. The summed E-state index contributed by atoms with van der Waals surface area (Å²) in [5, 5.41) is 0. The quantitative estimate of drug-likeness (QED) is 0.645. The molecule has 2 nitrogen and oxygen atoms in total. The number of aromatic amines is 1. The van der Waals surface area contributed by atoms with Crippen LogP contribution in [0.3, 0.4) is 0 Å². The van der Waals surface area contributed by atoms with E-state index in [4.69, 9.17) is 0 Å². The molecular formula is C8H10INO. The van der Waals surface area contributed by atoms with Gasteiger partial charge in [-0.1, -0.05) is 13.8 Å². The molecule has 0 aliphatic rings. The van der Waals surface area contributed by atoms with Crippen LogP contribution >= 0.6 is 22.6 Å². The first-order valence-corrected chi connectivity index (χ1v) is 4.56. The van der Waals surface area contributed by atoms with Gasteiger partial charge in [-0.3, -0.25) is 4.79 Å². The Bertz CT molecular complexity index is 265. The van der Waals surface area contributed by atoms with Gasteiger partial charge in [0.1, 0.15) is 0 Å². The third kappa shape index (κ3) is 1.64. The number of aromatic nitrogens is 1. The van der Waals surface area contributed by atoms with E-state index in [2.05, 4.69) is 41.4 Å². The van der Waals surface area contributed by atoms with E-state index in [1.54, 1.807) is 0 Å². The topological polar surface area (TPSA) is 32.9 Å². The fourth-order valence-electron chi connectivity index (χ4n) is 1.11. The smallest absolute Gasteiger partial charge is 0.166 e. The lowest BCUT2D eigenvalue weighted by Crippen LogP contribution is -1.93. The number of rotatable bonds is 2. The van der Waals surface area contributed by atoms with Crippen molar-refractivity contribution in [3.8, 4) is 0 Å². The number of hydrogen-bond acceptors (Lipinski definition) is 1. The molecule has 0 aliphatic carbocycles. The van der Waals surface area contributed by atoms with Crippen LogP contribution < -0.4 is 0 Å². The van der Waals surface area contributed by atoms with Crippen molar-refractivity contribution in [2.75, 3.05) is 0 Å². The van der Waals surface area contributed by atoms with Gasteiger partial charge in [-0.2, -0.15) is 0 Å². The molecule has 11 heavy (non-hydrogen) atoms. The lowest BCUT2D eigenvalue weighted by molar-refractivity contribution is 0.111. The van der Waals surface area contributed by atoms with Crippen LogP contribution in [0.1, 0.15) is 35.8 Å². The SMILES string of the molecule is CC(C)c1c(I)c[nH]c1C=O. The Hall–Kier alpha value is -0.320. The van der Waals surface area contributed by atoms with E-state index in [0.29, 0.717) is 11.6 Å². The average Bonchev–Trinajstić information content (AvgIpc) is 2.30. The van der Waals surface area contributed by atoms with Gasteiger partial charge in [0, 0.05) is 9.77 Å². The maximum Gasteiger partial charge on any atom is 0.166 e. The molecule has 1 aromatic heterocycles. The van der Waals surface area contributed by atoms with Crippen LogP contribution in [0.5, 0.6) is 0 Å². The highest BCUT2D eigenvalue weighted by Crippen LogP contribution is 2.23. The normalized spacial score (nSPS) is 10.5. The van der Waals surface area contributed by atoms with E-state index in [0.717, 1.165) is 15.4 Å². The number of carbonyl (C=O) groups is 1. The zero-order valence-electron chi connectivity index (χ0n) is 6.52. The van der Waals surface area contributed by atoms with Crippen molar-refractivity contribution < 1.29 is 4.79 Å². The molecule has 1 aromatic rings. The second-order valence-corrected chi connectivity index (χ2v) is 3.90. The maximum absolute atomic E-state index is 10.5. The minimum absolute atomic E-state index is 0.411. The molecule has 1 rings (SSSR count). The third-order valence-corrected chi connectivity index (χ3v) is 2.49. The van der Waals surface area contributed by atoms with Gasteiger partial charge in [0.25, 0.3) is 0 Å². The first kappa shape index (κ1) is 8.77. The molecule has 0 amide bonds. The van der Waals surface area contributed by atoms with E-state index >= 15 is 0 Å². The monoisotopic (exact) mass is 263 g/mol. The molecule has 0 fully saturated rings. The lowest BCUT2D eigenvalue weighted by Gasteiger charge is -2.02. The zero-order chi connectivity index (χ0) is 8.43. The number of nitrogens with one attached hydrogen (secondary N) is 1. The molecule has 0 unspecified atom stereocenters. The Morgan fingerprint density at radius 3 is 2.64 bits per heavy atom. The van der Waals surface area contributed by atoms with Gasteiger partial charge in [-0.25, -0.2) is 0 Å². The molecule has 0 spiro atoms. The summed E-state index contributed by atoms with van der Waals surface area (Å²) < 4.78 is 1.14. The molecule has 0 aromatic carbocycles. The van der Waals surface area contributed by atoms with Gasteiger partial charge in [0.2, 0.25) is 0 Å². The molecule has 0 radical (unpaired) electrons. The first-order chi connectivity index (χ1) is 5.16. The summed E-state index contributed by atoms with van der Waals surface area (Å²) in [6.07, 6.45) is 2.73. The average molecular weight is 263 g/mol. The van der Waals surface area contributed by atoms with Gasteiger partial charge in [0.15, 0.2) is 6.29 Å². The second-order valence-electron chi connectivity index (χ2n) is 2.74. The summed E-state index contributed by atoms with van der Waals surface area (Å²) in [5.74, 6) is 0.411. The van der Waals surface area contributed by atoms with Crippen LogP contribution in [0.15, 0.2) is 6.20 Å². The van der Waals surface area contributed by atoms with Gasteiger partial charge in [0.05, 0.1) is 5.69 Å². The summed E-state index contributed by atoms with van der Waals surface area (Å²) in [4.78, 5) is 13.4. The first-order valence-electron chi connectivity index (χ1n) is 3.48. The molecule has 0 aliphatic heterocycles. The minimum Gasteiger partial charge on any atom is -0.358 e. The summed E-state index contributed by atoms with van der Waals surface area (Å²) in [7, 11) is 0. The summed E-state index contributed by atoms with van der Waals surface area (Å²) >= 11 is 2.23. The van der Waals surface area contributed by atoms with Crippen molar-refractivity contribution in [2.45, 2.75) is 19.8 Å². The second kappa shape index (κ2) is 3.38. The van der Waals surface area contributed by atoms with Crippen molar-refractivity contribution >= 4 is 28.9 Å². The highest BCUT2D eigenvalue weighted by Gasteiger charge is 2.11. The van der Waals surface area contributed by atoms with Crippen molar-refractivity contribution in [1.82, 2.24) is 4.98 Å². The van der Waals surface area contributed by atoms with E-state index in [9.17, 15) is 4.79 Å². The number of halogens is 1. The van der Waals surface area contributed by atoms with Crippen LogP contribution in [-0.2, 0) is 0 Å². The van der Waals surface area contributed by atoms with Crippen molar-refractivity contribution in [3.63, 3.8) is 0 Å². The Labute approximate surface area is 79.5 Å². The number of carbonyl (C=O) groups excluding carboxylic acids is 1. The predicted molar refractivity (Wildman–Crippen MR) is 53.0 cm³/mol. The molecular weight excluding hydrogens is 253 g/mol. The summed E-state index contributed by atoms with van der Waals surface area (Å²) in [6, 6.07) is 0. The number of H-pyrrole nitrogens is 1. The lowest BCUT2D eigenvalue weighted by atomic mass is 10.0. The zero-order valence-corrected chi connectivity index (χ0v) is 8.68. The molecule has 0 atom stereocenters. The van der Waals surface area contributed by atoms with Crippen molar-refractivity contribution in [2.24, 2.45) is 0 Å². The Kier molecular flexibility index (Phi) is 2.70. The highest BCUT2D eigenvalue weighted by molar-refractivity contribution is 14.1. The van der Waals surface area contributed by atoms with Crippen molar-refractivity contribution in [3.05, 3.63) is 21.0 Å². The van der Waals surface area contributed by atoms with Gasteiger partial charge in [-0.15, -0.1) is 0 Å². The highest BCUT2D eigenvalue weighted by atomic mass is 127.